The third kappa shape index (κ3) is 4.74. The van der Waals surface area contributed by atoms with Gasteiger partial charge in [-0.3, -0.25) is 0 Å². The minimum atomic E-state index is 0.314. The molecule has 0 aromatic heterocycles. The van der Waals surface area contributed by atoms with Gasteiger partial charge in [-0.2, -0.15) is 0 Å². The van der Waals surface area contributed by atoms with Crippen molar-refractivity contribution in [2.45, 2.75) is 0 Å². The summed E-state index contributed by atoms with van der Waals surface area (Å²) in [5, 5.41) is 0. The van der Waals surface area contributed by atoms with E-state index in [4.69, 9.17) is 0 Å². The molecule has 1 aliphatic rings. The van der Waals surface area contributed by atoms with Gasteiger partial charge in [-0.15, -0.1) is 12.8 Å². The van der Waals surface area contributed by atoms with Crippen molar-refractivity contribution in [3.63, 3.8) is 0 Å². The molecule has 0 aliphatic heterocycles. The molecule has 0 unspecified atom stereocenters. The van der Waals surface area contributed by atoms with Gasteiger partial charge in [0.25, 0.3) is 0 Å². The van der Waals surface area contributed by atoms with E-state index in [1.54, 1.807) is 0 Å². The molecular formula is C11H9CoSe2. The predicted molar refractivity (Wildman–Crippen MR) is 59.3 cm³/mol. The molecule has 0 nitrogen and oxygen atoms in total. The maximum absolute atomic E-state index is 4.27. The summed E-state index contributed by atoms with van der Waals surface area (Å²) in [6.45, 7) is 0. The summed E-state index contributed by atoms with van der Waals surface area (Å²) < 4.78 is 2.55. The van der Waals surface area contributed by atoms with Crippen molar-refractivity contribution in [1.29, 1.82) is 0 Å². The third-order valence-electron chi connectivity index (χ3n) is 1.48. The Kier molecular flexibility index (Phi) is 6.79. The van der Waals surface area contributed by atoms with Gasteiger partial charge in [0.1, 0.15) is 0 Å². The second-order valence-electron chi connectivity index (χ2n) is 2.48. The summed E-state index contributed by atoms with van der Waals surface area (Å²) in [6.07, 6.45) is 10.0. The first-order valence-corrected chi connectivity index (χ1v) is 8.53. The van der Waals surface area contributed by atoms with Crippen molar-refractivity contribution in [1.82, 2.24) is 0 Å². The van der Waals surface area contributed by atoms with Crippen LogP contribution < -0.4 is 8.92 Å². The van der Waals surface area contributed by atoms with Crippen molar-refractivity contribution in [2.75, 3.05) is 0 Å². The van der Waals surface area contributed by atoms with Crippen LogP contribution in [0.3, 0.4) is 0 Å². The molecule has 0 saturated heterocycles. The molecule has 0 saturated carbocycles. The normalized spacial score (nSPS) is 12.6. The molecule has 14 heavy (non-hydrogen) atoms. The zero-order chi connectivity index (χ0) is 10.2. The van der Waals surface area contributed by atoms with Crippen molar-refractivity contribution in [3.05, 3.63) is 55.7 Å². The summed E-state index contributed by atoms with van der Waals surface area (Å²) in [7, 11) is 0. The molecule has 0 atom stereocenters. The summed E-state index contributed by atoms with van der Waals surface area (Å²) >= 11 is 7.57. The van der Waals surface area contributed by atoms with Crippen LogP contribution in [0.25, 0.3) is 0 Å². The summed E-state index contributed by atoms with van der Waals surface area (Å²) in [5.41, 5.74) is 0. The maximum atomic E-state index is 4.27. The van der Waals surface area contributed by atoms with Crippen molar-refractivity contribution in [3.8, 4) is 0 Å². The zero-order valence-electron chi connectivity index (χ0n) is 7.35. The van der Waals surface area contributed by atoms with Crippen molar-refractivity contribution >= 4 is 37.6 Å². The Morgan fingerprint density at radius 2 is 2.07 bits per heavy atom. The summed E-state index contributed by atoms with van der Waals surface area (Å²) in [6, 6.07) is 8.21. The van der Waals surface area contributed by atoms with Crippen molar-refractivity contribution < 1.29 is 13.4 Å². The van der Waals surface area contributed by atoms with Crippen LogP contribution in [-0.2, 0) is 13.4 Å². The fraction of sp³-hybridized carbons (Fsp3) is 0. The van der Waals surface area contributed by atoms with Crippen LogP contribution in [0.4, 0.5) is 0 Å². The van der Waals surface area contributed by atoms with E-state index in [0.717, 1.165) is 0 Å². The Morgan fingerprint density at radius 1 is 1.29 bits per heavy atom. The third-order valence-corrected chi connectivity index (χ3v) is 5.12. The number of hydrogen-bond acceptors (Lipinski definition) is 0. The fourth-order valence-electron chi connectivity index (χ4n) is 0.827. The van der Waals surface area contributed by atoms with E-state index in [-0.39, 0.29) is 0 Å². The molecule has 0 spiro atoms. The van der Waals surface area contributed by atoms with Crippen LogP contribution in [0.15, 0.2) is 36.4 Å². The molecule has 0 fully saturated rings. The van der Waals surface area contributed by atoms with Gasteiger partial charge in [-0.1, -0.05) is 0 Å². The second kappa shape index (κ2) is 7.64. The molecule has 3 radical (unpaired) electrons. The van der Waals surface area contributed by atoms with E-state index < -0.39 is 0 Å². The molecule has 1 aliphatic carbocycles. The van der Waals surface area contributed by atoms with Gasteiger partial charge in [0.2, 0.25) is 0 Å². The van der Waals surface area contributed by atoms with Gasteiger partial charge in [0.05, 0.1) is 0 Å². The molecule has 0 amide bonds. The Labute approximate surface area is 106 Å². The van der Waals surface area contributed by atoms with Crippen LogP contribution in [0.1, 0.15) is 0 Å². The number of hydrogen-bond donors (Lipinski definition) is 0. The summed E-state index contributed by atoms with van der Waals surface area (Å²) in [4.78, 5) is 0. The Balaban J connectivity index is 0.000000165. The number of rotatable bonds is 1. The second-order valence-corrected chi connectivity index (χ2v) is 5.71. The minimum absolute atomic E-state index is 0.314. The molecule has 0 N–H and O–H groups in total. The first-order chi connectivity index (χ1) is 6.84. The van der Waals surface area contributed by atoms with Gasteiger partial charge in [0, 0.05) is 0 Å². The van der Waals surface area contributed by atoms with Crippen LogP contribution in [-0.4, -0.2) is 28.7 Å². The molecule has 2 rings (SSSR count). The van der Waals surface area contributed by atoms with Crippen LogP contribution in [0.2, 0.25) is 0 Å². The molecule has 0 bridgehead atoms. The molecule has 74 valence electrons. The zero-order valence-corrected chi connectivity index (χ0v) is 11.8. The molecular weight excluding hydrogens is 349 g/mol. The quantitative estimate of drug-likeness (QED) is 0.505. The van der Waals surface area contributed by atoms with E-state index in [9.17, 15) is 0 Å². The van der Waals surface area contributed by atoms with E-state index >= 15 is 0 Å². The number of allylic oxidation sites excluding steroid dienone is 2. The molecule has 1 aromatic rings. The Morgan fingerprint density at radius 3 is 2.43 bits per heavy atom. The fourth-order valence-corrected chi connectivity index (χ4v) is 3.84. The van der Waals surface area contributed by atoms with Gasteiger partial charge in [-0.05, 0) is 0 Å². The van der Waals surface area contributed by atoms with Gasteiger partial charge in [-0.25, -0.2) is 18.6 Å². The van der Waals surface area contributed by atoms with E-state index in [2.05, 4.69) is 41.5 Å². The topological polar surface area (TPSA) is 0 Å². The summed E-state index contributed by atoms with van der Waals surface area (Å²) in [5.74, 6) is 0. The SMILES string of the molecule is [CH]1[CH][CH-]C=C1.[Co]=[Se+]c1ccccc1[Se]. The van der Waals surface area contributed by atoms with Crippen molar-refractivity contribution in [2.24, 2.45) is 0 Å². The van der Waals surface area contributed by atoms with Crippen LogP contribution in [0.5, 0.6) is 0 Å². The molecule has 1 aromatic carbocycles. The molecule has 0 heterocycles. The first kappa shape index (κ1) is 12.4. The average molecular weight is 358 g/mol. The number of benzene rings is 1. The van der Waals surface area contributed by atoms with Gasteiger partial charge >= 0.3 is 75.3 Å². The first-order valence-electron chi connectivity index (χ1n) is 4.04. The van der Waals surface area contributed by atoms with Crippen LogP contribution >= 0.6 is 0 Å². The van der Waals surface area contributed by atoms with E-state index in [1.807, 2.05) is 43.5 Å². The Bertz CT molecular complexity index is 315. The monoisotopic (exact) mass is 360 g/mol. The standard InChI is InChI=1S/C6H5Se2.C5H5.Co/c7-5-3-1-2-4-6(5)8;1-2-4-5-3-1;/h1-4,7H;1-5H;/q;-1;+2/p-1. The predicted octanol–water partition coefficient (Wildman–Crippen LogP) is 0.441. The van der Waals surface area contributed by atoms with Gasteiger partial charge in [0.15, 0.2) is 0 Å². The molecule has 3 heteroatoms. The average Bonchev–Trinajstić information content (AvgIpc) is 2.76. The van der Waals surface area contributed by atoms with Crippen LogP contribution in [0, 0.1) is 19.3 Å². The Hall–Kier alpha value is 0.375. The van der Waals surface area contributed by atoms with E-state index in [0.29, 0.717) is 12.7 Å². The van der Waals surface area contributed by atoms with E-state index in [1.165, 1.54) is 8.92 Å². The van der Waals surface area contributed by atoms with Gasteiger partial charge < -0.3 is 0 Å².